The quantitative estimate of drug-likeness (QED) is 0.875. The minimum Gasteiger partial charge on any atom is -0.482 e. The van der Waals surface area contributed by atoms with Gasteiger partial charge in [0.15, 0.2) is 6.61 Å². The van der Waals surface area contributed by atoms with Crippen molar-refractivity contribution in [2.45, 2.75) is 39.2 Å². The number of halogens is 2. The number of rotatable bonds is 4. The summed E-state index contributed by atoms with van der Waals surface area (Å²) in [6.45, 7) is 4.47. The van der Waals surface area contributed by atoms with Gasteiger partial charge in [0, 0.05) is 10.5 Å². The molecule has 3 nitrogen and oxygen atoms in total. The number of amides is 1. The molecule has 1 aliphatic rings. The number of carbonyl (C=O) groups is 1. The van der Waals surface area contributed by atoms with Crippen molar-refractivity contribution in [1.29, 1.82) is 0 Å². The van der Waals surface area contributed by atoms with E-state index in [4.69, 9.17) is 16.3 Å². The maximum absolute atomic E-state index is 11.9. The minimum absolute atomic E-state index is 0.00171. The Morgan fingerprint density at radius 2 is 2.30 bits per heavy atom. The average molecular weight is 361 g/mol. The molecule has 1 fully saturated rings. The second kappa shape index (κ2) is 6.35. The molecule has 2 rings (SSSR count). The van der Waals surface area contributed by atoms with Crippen molar-refractivity contribution >= 4 is 33.4 Å². The molecule has 1 aromatic carbocycles. The van der Waals surface area contributed by atoms with Gasteiger partial charge in [0.2, 0.25) is 0 Å². The van der Waals surface area contributed by atoms with Gasteiger partial charge in [-0.1, -0.05) is 41.4 Å². The SMILES string of the molecule is CC1(C)CCC(NC(=O)COc2ccc(Br)cc2Cl)C1. The zero-order chi connectivity index (χ0) is 14.8. The van der Waals surface area contributed by atoms with Crippen LogP contribution < -0.4 is 10.1 Å². The molecular formula is C15H19BrClNO2. The molecule has 20 heavy (non-hydrogen) atoms. The second-order valence-electron chi connectivity index (χ2n) is 6.03. The highest BCUT2D eigenvalue weighted by molar-refractivity contribution is 9.10. The zero-order valence-electron chi connectivity index (χ0n) is 11.7. The van der Waals surface area contributed by atoms with Crippen LogP contribution in [0.15, 0.2) is 22.7 Å². The molecule has 1 aromatic rings. The molecule has 1 N–H and O–H groups in total. The third kappa shape index (κ3) is 4.38. The lowest BCUT2D eigenvalue weighted by Crippen LogP contribution is -2.36. The highest BCUT2D eigenvalue weighted by atomic mass is 79.9. The van der Waals surface area contributed by atoms with Crippen molar-refractivity contribution in [3.8, 4) is 5.75 Å². The first-order chi connectivity index (χ1) is 9.35. The highest BCUT2D eigenvalue weighted by Gasteiger charge is 2.31. The van der Waals surface area contributed by atoms with Gasteiger partial charge < -0.3 is 10.1 Å². The number of ether oxygens (including phenoxy) is 1. The third-order valence-electron chi connectivity index (χ3n) is 3.59. The van der Waals surface area contributed by atoms with Crippen molar-refractivity contribution in [1.82, 2.24) is 5.32 Å². The smallest absolute Gasteiger partial charge is 0.258 e. The lowest BCUT2D eigenvalue weighted by atomic mass is 9.92. The normalized spacial score (nSPS) is 20.7. The standard InChI is InChI=1S/C15H19BrClNO2/c1-15(2)6-5-11(8-15)18-14(19)9-20-13-4-3-10(16)7-12(13)17/h3-4,7,11H,5-6,8-9H2,1-2H3,(H,18,19). The van der Waals surface area contributed by atoms with Gasteiger partial charge in [-0.25, -0.2) is 0 Å². The molecule has 0 saturated heterocycles. The van der Waals surface area contributed by atoms with Crippen molar-refractivity contribution in [2.24, 2.45) is 5.41 Å². The van der Waals surface area contributed by atoms with Crippen LogP contribution in [0.5, 0.6) is 5.75 Å². The minimum atomic E-state index is -0.0910. The Labute approximate surface area is 133 Å². The lowest BCUT2D eigenvalue weighted by Gasteiger charge is -2.18. The summed E-state index contributed by atoms with van der Waals surface area (Å²) in [6, 6.07) is 5.59. The summed E-state index contributed by atoms with van der Waals surface area (Å²) in [7, 11) is 0. The fraction of sp³-hybridized carbons (Fsp3) is 0.533. The van der Waals surface area contributed by atoms with Gasteiger partial charge in [0.05, 0.1) is 5.02 Å². The van der Waals surface area contributed by atoms with Gasteiger partial charge in [-0.2, -0.15) is 0 Å². The topological polar surface area (TPSA) is 38.3 Å². The van der Waals surface area contributed by atoms with Crippen molar-refractivity contribution in [3.63, 3.8) is 0 Å². The number of hydrogen-bond donors (Lipinski definition) is 1. The van der Waals surface area contributed by atoms with Gasteiger partial charge >= 0.3 is 0 Å². The van der Waals surface area contributed by atoms with E-state index in [2.05, 4.69) is 35.1 Å². The molecule has 1 saturated carbocycles. The van der Waals surface area contributed by atoms with Crippen molar-refractivity contribution in [2.75, 3.05) is 6.61 Å². The van der Waals surface area contributed by atoms with Crippen molar-refractivity contribution in [3.05, 3.63) is 27.7 Å². The Balaban J connectivity index is 1.81. The van der Waals surface area contributed by atoms with Crippen LogP contribution in [0.1, 0.15) is 33.1 Å². The molecule has 0 spiro atoms. The van der Waals surface area contributed by atoms with E-state index in [1.54, 1.807) is 12.1 Å². The molecule has 0 aromatic heterocycles. The summed E-state index contributed by atoms with van der Waals surface area (Å²) >= 11 is 9.36. The summed E-state index contributed by atoms with van der Waals surface area (Å²) in [5.41, 5.74) is 0.327. The van der Waals surface area contributed by atoms with Crippen LogP contribution in [0.2, 0.25) is 5.02 Å². The third-order valence-corrected chi connectivity index (χ3v) is 4.37. The average Bonchev–Trinajstić information content (AvgIpc) is 2.67. The monoisotopic (exact) mass is 359 g/mol. The van der Waals surface area contributed by atoms with Gasteiger partial charge in [0.25, 0.3) is 5.91 Å². The van der Waals surface area contributed by atoms with E-state index in [0.717, 1.165) is 23.7 Å². The van der Waals surface area contributed by atoms with Crippen LogP contribution in [0.25, 0.3) is 0 Å². The highest BCUT2D eigenvalue weighted by Crippen LogP contribution is 2.36. The molecule has 1 atom stereocenters. The second-order valence-corrected chi connectivity index (χ2v) is 7.36. The molecule has 0 radical (unpaired) electrons. The molecule has 1 amide bonds. The van der Waals surface area contributed by atoms with Gasteiger partial charge in [-0.15, -0.1) is 0 Å². The predicted molar refractivity (Wildman–Crippen MR) is 84.2 cm³/mol. The van der Waals surface area contributed by atoms with Gasteiger partial charge in [-0.3, -0.25) is 4.79 Å². The summed E-state index contributed by atoms with van der Waals surface area (Å²) < 4.78 is 6.33. The number of nitrogens with one attached hydrogen (secondary N) is 1. The summed E-state index contributed by atoms with van der Waals surface area (Å²) in [5, 5.41) is 3.51. The molecule has 1 aliphatic carbocycles. The first kappa shape index (κ1) is 15.6. The van der Waals surface area contributed by atoms with Crippen molar-refractivity contribution < 1.29 is 9.53 Å². The van der Waals surface area contributed by atoms with Crippen LogP contribution in [0, 0.1) is 5.41 Å². The summed E-state index contributed by atoms with van der Waals surface area (Å²) in [6.07, 6.45) is 3.22. The van der Waals surface area contributed by atoms with E-state index < -0.39 is 0 Å². The fourth-order valence-corrected chi connectivity index (χ4v) is 3.29. The Kier molecular flexibility index (Phi) is 4.97. The van der Waals surface area contributed by atoms with E-state index in [-0.39, 0.29) is 18.6 Å². The molecule has 0 heterocycles. The van der Waals surface area contributed by atoms with E-state index in [9.17, 15) is 4.79 Å². The van der Waals surface area contributed by atoms with Gasteiger partial charge in [-0.05, 0) is 42.9 Å². The maximum atomic E-state index is 11.9. The van der Waals surface area contributed by atoms with Crippen LogP contribution in [0.3, 0.4) is 0 Å². The fourth-order valence-electron chi connectivity index (χ4n) is 2.56. The molecule has 110 valence electrons. The Hall–Kier alpha value is -0.740. The zero-order valence-corrected chi connectivity index (χ0v) is 14.1. The molecule has 1 unspecified atom stereocenters. The van der Waals surface area contributed by atoms with Crippen LogP contribution in [0.4, 0.5) is 0 Å². The van der Waals surface area contributed by atoms with E-state index in [0.29, 0.717) is 16.2 Å². The number of hydrogen-bond acceptors (Lipinski definition) is 2. The van der Waals surface area contributed by atoms with Gasteiger partial charge in [0.1, 0.15) is 5.75 Å². The number of benzene rings is 1. The largest absolute Gasteiger partial charge is 0.482 e. The molecular weight excluding hydrogens is 342 g/mol. The van der Waals surface area contributed by atoms with Crippen LogP contribution in [-0.4, -0.2) is 18.6 Å². The molecule has 0 bridgehead atoms. The van der Waals surface area contributed by atoms with E-state index in [1.807, 2.05) is 6.07 Å². The first-order valence-corrected chi connectivity index (χ1v) is 7.90. The summed E-state index contributed by atoms with van der Waals surface area (Å²) in [5.74, 6) is 0.434. The van der Waals surface area contributed by atoms with E-state index in [1.165, 1.54) is 0 Å². The number of carbonyl (C=O) groups excluding carboxylic acids is 1. The molecule has 5 heteroatoms. The predicted octanol–water partition coefficient (Wildman–Crippen LogP) is 4.18. The first-order valence-electron chi connectivity index (χ1n) is 6.73. The Bertz CT molecular complexity index is 505. The Morgan fingerprint density at radius 1 is 1.55 bits per heavy atom. The van der Waals surface area contributed by atoms with Crippen LogP contribution in [-0.2, 0) is 4.79 Å². The maximum Gasteiger partial charge on any atom is 0.258 e. The lowest BCUT2D eigenvalue weighted by molar-refractivity contribution is -0.123. The Morgan fingerprint density at radius 3 is 2.90 bits per heavy atom. The summed E-state index contributed by atoms with van der Waals surface area (Å²) in [4.78, 5) is 11.9. The van der Waals surface area contributed by atoms with E-state index >= 15 is 0 Å². The molecule has 0 aliphatic heterocycles. The van der Waals surface area contributed by atoms with Crippen LogP contribution >= 0.6 is 27.5 Å².